The van der Waals surface area contributed by atoms with Crippen LogP contribution in [0.4, 0.5) is 11.6 Å². The number of aryl methyl sites for hydroxylation is 1. The van der Waals surface area contributed by atoms with E-state index < -0.39 is 23.8 Å². The first-order valence-corrected chi connectivity index (χ1v) is 11.6. The largest absolute Gasteiger partial charge is 0.366 e. The molecule has 0 aliphatic carbocycles. The quantitative estimate of drug-likeness (QED) is 0.290. The SMILES string of the molecule is CN1C(=O)C(CC(=O)Nc2ccc(C(N)=O)cc2)N(Cc2c(NC(=O)c3ccccc3)on[n+]2C)C1=S. The molecule has 0 radical (unpaired) electrons. The lowest BCUT2D eigenvalue weighted by Crippen LogP contribution is -2.42. The maximum absolute atomic E-state index is 12.9. The lowest BCUT2D eigenvalue weighted by Gasteiger charge is -2.21. The summed E-state index contributed by atoms with van der Waals surface area (Å²) >= 11 is 5.47. The number of nitrogens with one attached hydrogen (secondary N) is 2. The van der Waals surface area contributed by atoms with E-state index in [1.807, 2.05) is 0 Å². The molecule has 4 amide bonds. The third-order valence-electron chi connectivity index (χ3n) is 5.85. The van der Waals surface area contributed by atoms with Crippen molar-refractivity contribution in [2.24, 2.45) is 12.8 Å². The molecular weight excluding hydrogens is 498 g/mol. The summed E-state index contributed by atoms with van der Waals surface area (Å²) < 4.78 is 6.73. The van der Waals surface area contributed by atoms with Crippen molar-refractivity contribution in [2.45, 2.75) is 19.0 Å². The first-order valence-electron chi connectivity index (χ1n) is 11.1. The fourth-order valence-corrected chi connectivity index (χ4v) is 4.09. The molecule has 12 nitrogen and oxygen atoms in total. The van der Waals surface area contributed by atoms with E-state index in [4.69, 9.17) is 22.5 Å². The monoisotopic (exact) mass is 522 g/mol. The zero-order valence-corrected chi connectivity index (χ0v) is 20.8. The van der Waals surface area contributed by atoms with Crippen molar-refractivity contribution in [3.63, 3.8) is 0 Å². The summed E-state index contributed by atoms with van der Waals surface area (Å²) in [6.07, 6.45) is -0.193. The van der Waals surface area contributed by atoms with Gasteiger partial charge in [0.2, 0.25) is 17.1 Å². The second-order valence-corrected chi connectivity index (χ2v) is 8.68. The van der Waals surface area contributed by atoms with Gasteiger partial charge in [0.15, 0.2) is 12.2 Å². The minimum atomic E-state index is -0.894. The minimum Gasteiger partial charge on any atom is -0.366 e. The molecule has 2 aromatic carbocycles. The highest BCUT2D eigenvalue weighted by Gasteiger charge is 2.43. The van der Waals surface area contributed by atoms with Gasteiger partial charge in [-0.15, -0.1) is 0 Å². The lowest BCUT2D eigenvalue weighted by molar-refractivity contribution is -0.746. The fourth-order valence-electron chi connectivity index (χ4n) is 3.80. The second-order valence-electron chi connectivity index (χ2n) is 8.31. The number of hydrogen-bond donors (Lipinski definition) is 3. The summed E-state index contributed by atoms with van der Waals surface area (Å²) in [4.78, 5) is 52.5. The van der Waals surface area contributed by atoms with Crippen LogP contribution in [0.15, 0.2) is 59.1 Å². The van der Waals surface area contributed by atoms with Gasteiger partial charge in [0.25, 0.3) is 17.5 Å². The zero-order chi connectivity index (χ0) is 26.7. The number of likely N-dealkylation sites (N-methyl/N-ethyl adjacent to an activating group) is 1. The normalized spacial score (nSPS) is 15.1. The van der Waals surface area contributed by atoms with Crippen molar-refractivity contribution in [3.8, 4) is 0 Å². The zero-order valence-electron chi connectivity index (χ0n) is 20.0. The van der Waals surface area contributed by atoms with Crippen LogP contribution in [-0.2, 0) is 23.2 Å². The molecule has 190 valence electrons. The van der Waals surface area contributed by atoms with Gasteiger partial charge in [-0.2, -0.15) is 0 Å². The third-order valence-corrected chi connectivity index (χ3v) is 6.36. The number of anilines is 2. The predicted octanol–water partition coefficient (Wildman–Crippen LogP) is 0.807. The number of rotatable bonds is 8. The number of carbonyl (C=O) groups is 4. The Morgan fingerprint density at radius 1 is 1.08 bits per heavy atom. The topological polar surface area (TPSA) is 155 Å². The van der Waals surface area contributed by atoms with E-state index in [1.165, 1.54) is 28.8 Å². The van der Waals surface area contributed by atoms with E-state index in [-0.39, 0.29) is 29.9 Å². The molecule has 37 heavy (non-hydrogen) atoms. The van der Waals surface area contributed by atoms with E-state index in [0.717, 1.165) is 0 Å². The highest BCUT2D eigenvalue weighted by Crippen LogP contribution is 2.24. The van der Waals surface area contributed by atoms with Crippen molar-refractivity contribution in [3.05, 3.63) is 71.4 Å². The van der Waals surface area contributed by atoms with Crippen LogP contribution in [0.3, 0.4) is 0 Å². The number of hydrogen-bond acceptors (Lipinski definition) is 7. The van der Waals surface area contributed by atoms with E-state index in [0.29, 0.717) is 22.5 Å². The molecule has 0 bridgehead atoms. The summed E-state index contributed by atoms with van der Waals surface area (Å²) in [7, 11) is 3.16. The van der Waals surface area contributed by atoms with E-state index >= 15 is 0 Å². The first kappa shape index (κ1) is 25.4. The molecular formula is C24H24N7O5S+. The molecule has 1 saturated heterocycles. The van der Waals surface area contributed by atoms with Gasteiger partial charge in [0, 0.05) is 23.9 Å². The Bertz CT molecular complexity index is 1370. The number of nitrogens with two attached hydrogens (primary N) is 1. The number of carbonyl (C=O) groups excluding carboxylic acids is 4. The Labute approximate surface area is 217 Å². The van der Waals surface area contributed by atoms with Gasteiger partial charge < -0.3 is 16.0 Å². The Kier molecular flexibility index (Phi) is 7.25. The summed E-state index contributed by atoms with van der Waals surface area (Å²) in [6.45, 7) is 0.0462. The first-order chi connectivity index (χ1) is 17.7. The molecule has 0 saturated carbocycles. The summed E-state index contributed by atoms with van der Waals surface area (Å²) in [5, 5.41) is 9.49. The van der Waals surface area contributed by atoms with Crippen LogP contribution >= 0.6 is 12.2 Å². The number of amides is 4. The molecule has 2 heterocycles. The number of nitrogens with zero attached hydrogens (tertiary/aromatic N) is 4. The van der Waals surface area contributed by atoms with Crippen molar-refractivity contribution in [2.75, 3.05) is 17.7 Å². The van der Waals surface area contributed by atoms with Gasteiger partial charge in [-0.3, -0.25) is 33.9 Å². The van der Waals surface area contributed by atoms with Crippen molar-refractivity contribution >= 4 is 52.5 Å². The molecule has 1 fully saturated rings. The molecule has 0 spiro atoms. The Hall–Kier alpha value is -4.65. The van der Waals surface area contributed by atoms with Crippen LogP contribution in [0, 0.1) is 0 Å². The summed E-state index contributed by atoms with van der Waals surface area (Å²) in [5.41, 5.74) is 6.86. The van der Waals surface area contributed by atoms with Gasteiger partial charge in [-0.05, 0) is 53.3 Å². The van der Waals surface area contributed by atoms with Crippen LogP contribution in [0.25, 0.3) is 0 Å². The van der Waals surface area contributed by atoms with Crippen LogP contribution in [0.5, 0.6) is 0 Å². The number of aromatic nitrogens is 2. The van der Waals surface area contributed by atoms with Crippen LogP contribution in [0.2, 0.25) is 0 Å². The second kappa shape index (κ2) is 10.5. The van der Waals surface area contributed by atoms with Gasteiger partial charge in [-0.1, -0.05) is 18.2 Å². The Morgan fingerprint density at radius 3 is 2.41 bits per heavy atom. The van der Waals surface area contributed by atoms with Crippen molar-refractivity contribution < 1.29 is 28.4 Å². The lowest BCUT2D eigenvalue weighted by atomic mass is 10.1. The van der Waals surface area contributed by atoms with Crippen LogP contribution < -0.4 is 21.0 Å². The predicted molar refractivity (Wildman–Crippen MR) is 135 cm³/mol. The minimum absolute atomic E-state index is 0.0462. The van der Waals surface area contributed by atoms with E-state index in [9.17, 15) is 19.2 Å². The summed E-state index contributed by atoms with van der Waals surface area (Å²) in [5.74, 6) is -1.66. The molecule has 4 N–H and O–H groups in total. The maximum atomic E-state index is 12.9. The molecule has 13 heteroatoms. The molecule has 1 aliphatic rings. The van der Waals surface area contributed by atoms with Gasteiger partial charge in [-0.25, -0.2) is 0 Å². The molecule has 1 atom stereocenters. The van der Waals surface area contributed by atoms with Gasteiger partial charge in [0.1, 0.15) is 12.6 Å². The smallest absolute Gasteiger partial charge is 0.307 e. The fraction of sp³-hybridized carbons (Fsp3) is 0.208. The number of primary amides is 1. The van der Waals surface area contributed by atoms with Crippen molar-refractivity contribution in [1.82, 2.24) is 15.1 Å². The Balaban J connectivity index is 1.50. The van der Waals surface area contributed by atoms with E-state index in [1.54, 1.807) is 54.4 Å². The average molecular weight is 523 g/mol. The summed E-state index contributed by atoms with van der Waals surface area (Å²) in [6, 6.07) is 13.8. The molecule has 1 unspecified atom stereocenters. The van der Waals surface area contributed by atoms with E-state index in [2.05, 4.69) is 15.9 Å². The van der Waals surface area contributed by atoms with Crippen LogP contribution in [0.1, 0.15) is 32.8 Å². The molecule has 3 aromatic rings. The molecule has 4 rings (SSSR count). The van der Waals surface area contributed by atoms with Gasteiger partial charge in [0.05, 0.1) is 6.42 Å². The van der Waals surface area contributed by atoms with Crippen LogP contribution in [-0.4, -0.2) is 56.9 Å². The maximum Gasteiger partial charge on any atom is 0.307 e. The molecule has 1 aliphatic heterocycles. The third kappa shape index (κ3) is 5.46. The molecule has 1 aromatic heterocycles. The Morgan fingerprint density at radius 2 is 1.76 bits per heavy atom. The number of thiocarbonyl (C=S) groups is 1. The van der Waals surface area contributed by atoms with Crippen molar-refractivity contribution in [1.29, 1.82) is 0 Å². The van der Waals surface area contributed by atoms with Gasteiger partial charge >= 0.3 is 5.88 Å². The standard InChI is InChI=1S/C24H23N7O5S/c1-29-23(35)17(12-19(32)26-16-10-8-14(9-11-16)20(25)33)31(24(29)37)13-18-22(36-28-30(18)2)27-21(34)15-6-4-3-5-7-15/h3-11,17H,12-13H2,1-2H3,(H3-,25,26,27,28,32,33,34)/p+1. The number of benzene rings is 2. The highest BCUT2D eigenvalue weighted by atomic mass is 32.1. The average Bonchev–Trinajstić information content (AvgIpc) is 3.32. The highest BCUT2D eigenvalue weighted by molar-refractivity contribution is 7.80.